The van der Waals surface area contributed by atoms with E-state index in [4.69, 9.17) is 9.47 Å². The first kappa shape index (κ1) is 20.8. The van der Waals surface area contributed by atoms with Crippen LogP contribution in [0.1, 0.15) is 11.1 Å². The molecule has 9 heteroatoms. The number of carbonyl (C=O) groups excluding carboxylic acids is 3. The fourth-order valence-electron chi connectivity index (χ4n) is 2.92. The van der Waals surface area contributed by atoms with Crippen molar-refractivity contribution in [1.82, 2.24) is 10.2 Å². The van der Waals surface area contributed by atoms with Gasteiger partial charge in [0.2, 0.25) is 5.91 Å². The third kappa shape index (κ3) is 4.24. The number of rotatable bonds is 6. The highest BCUT2D eigenvalue weighted by atomic mass is 19.1. The van der Waals surface area contributed by atoms with Gasteiger partial charge in [-0.1, -0.05) is 12.1 Å². The Morgan fingerprint density at radius 3 is 2.50 bits per heavy atom. The van der Waals surface area contributed by atoms with Crippen molar-refractivity contribution >= 4 is 29.6 Å². The van der Waals surface area contributed by atoms with Gasteiger partial charge in [0, 0.05) is 0 Å². The molecule has 0 aliphatic carbocycles. The fourth-order valence-corrected chi connectivity index (χ4v) is 2.92. The number of para-hydroxylation sites is 1. The van der Waals surface area contributed by atoms with E-state index < -0.39 is 30.2 Å². The first-order valence-corrected chi connectivity index (χ1v) is 8.95. The number of aryl methyl sites for hydroxylation is 1. The van der Waals surface area contributed by atoms with Crippen molar-refractivity contribution in [3.8, 4) is 11.5 Å². The van der Waals surface area contributed by atoms with Crippen LogP contribution in [0.4, 0.5) is 14.9 Å². The maximum absolute atomic E-state index is 13.7. The summed E-state index contributed by atoms with van der Waals surface area (Å²) < 4.78 is 24.2. The summed E-state index contributed by atoms with van der Waals surface area (Å²) in [6.45, 7) is 1.26. The highest BCUT2D eigenvalue weighted by Gasteiger charge is 2.35. The monoisotopic (exact) mass is 413 g/mol. The number of hydrogen-bond donors (Lipinski definition) is 2. The van der Waals surface area contributed by atoms with Crippen molar-refractivity contribution in [2.75, 3.05) is 26.1 Å². The lowest BCUT2D eigenvalue weighted by molar-refractivity contribution is -0.127. The third-order valence-electron chi connectivity index (χ3n) is 4.48. The van der Waals surface area contributed by atoms with Gasteiger partial charge >= 0.3 is 6.03 Å². The zero-order valence-electron chi connectivity index (χ0n) is 16.6. The Morgan fingerprint density at radius 2 is 1.83 bits per heavy atom. The molecule has 30 heavy (non-hydrogen) atoms. The number of nitrogens with one attached hydrogen (secondary N) is 2. The second kappa shape index (κ2) is 8.64. The van der Waals surface area contributed by atoms with Gasteiger partial charge in [-0.25, -0.2) is 14.1 Å². The van der Waals surface area contributed by atoms with Gasteiger partial charge in [0.15, 0.2) is 11.5 Å². The molecular formula is C21H20FN3O5. The minimum atomic E-state index is -0.743. The van der Waals surface area contributed by atoms with E-state index in [1.165, 1.54) is 38.5 Å². The maximum Gasteiger partial charge on any atom is 0.329 e. The number of carbonyl (C=O) groups is 3. The quantitative estimate of drug-likeness (QED) is 0.561. The van der Waals surface area contributed by atoms with E-state index in [1.807, 2.05) is 6.92 Å². The number of imide groups is 1. The molecule has 2 N–H and O–H groups in total. The van der Waals surface area contributed by atoms with Gasteiger partial charge in [-0.15, -0.1) is 0 Å². The SMILES string of the molecule is COc1cc(C)c(C=C2NC(=O)N(CC(=O)Nc3ccccc3F)C2=O)cc1OC. The van der Waals surface area contributed by atoms with E-state index >= 15 is 0 Å². The van der Waals surface area contributed by atoms with E-state index in [-0.39, 0.29) is 11.4 Å². The summed E-state index contributed by atoms with van der Waals surface area (Å²) in [6.07, 6.45) is 1.49. The lowest BCUT2D eigenvalue weighted by atomic mass is 10.1. The zero-order valence-corrected chi connectivity index (χ0v) is 16.6. The Balaban J connectivity index is 1.78. The number of ether oxygens (including phenoxy) is 2. The predicted molar refractivity (Wildman–Crippen MR) is 108 cm³/mol. The van der Waals surface area contributed by atoms with Crippen molar-refractivity contribution in [1.29, 1.82) is 0 Å². The Bertz CT molecular complexity index is 1050. The lowest BCUT2D eigenvalue weighted by Crippen LogP contribution is -2.38. The molecule has 0 bridgehead atoms. The zero-order chi connectivity index (χ0) is 21.8. The van der Waals surface area contributed by atoms with E-state index in [0.717, 1.165) is 10.5 Å². The van der Waals surface area contributed by atoms with Gasteiger partial charge in [0.05, 0.1) is 19.9 Å². The van der Waals surface area contributed by atoms with Crippen molar-refractivity contribution in [3.05, 3.63) is 59.0 Å². The van der Waals surface area contributed by atoms with Crippen LogP contribution in [0.2, 0.25) is 0 Å². The van der Waals surface area contributed by atoms with Crippen molar-refractivity contribution in [2.45, 2.75) is 6.92 Å². The fraction of sp³-hybridized carbons (Fsp3) is 0.190. The number of benzene rings is 2. The summed E-state index contributed by atoms with van der Waals surface area (Å²) >= 11 is 0. The second-order valence-corrected chi connectivity index (χ2v) is 6.47. The molecule has 0 radical (unpaired) electrons. The molecular weight excluding hydrogens is 393 g/mol. The largest absolute Gasteiger partial charge is 0.493 e. The summed E-state index contributed by atoms with van der Waals surface area (Å²) in [6, 6.07) is 8.28. The molecule has 156 valence electrons. The van der Waals surface area contributed by atoms with Crippen molar-refractivity contribution < 1.29 is 28.2 Å². The topological polar surface area (TPSA) is 97.0 Å². The summed E-state index contributed by atoms with van der Waals surface area (Å²) in [4.78, 5) is 37.8. The highest BCUT2D eigenvalue weighted by molar-refractivity contribution is 6.16. The average molecular weight is 413 g/mol. The molecule has 0 spiro atoms. The van der Waals surface area contributed by atoms with E-state index in [0.29, 0.717) is 17.1 Å². The standard InChI is InChI=1S/C21H20FN3O5/c1-12-8-17(29-2)18(30-3)10-13(12)9-16-20(27)25(21(28)24-16)11-19(26)23-15-7-5-4-6-14(15)22/h4-10H,11H2,1-3H3,(H,23,26)(H,24,28). The van der Waals surface area contributed by atoms with Gasteiger partial charge in [0.1, 0.15) is 18.1 Å². The second-order valence-electron chi connectivity index (χ2n) is 6.47. The van der Waals surface area contributed by atoms with Crippen LogP contribution in [0.3, 0.4) is 0 Å². The van der Waals surface area contributed by atoms with Gasteiger partial charge in [-0.3, -0.25) is 9.59 Å². The summed E-state index contributed by atoms with van der Waals surface area (Å²) in [5.74, 6) is -0.990. The first-order valence-electron chi connectivity index (χ1n) is 8.95. The van der Waals surface area contributed by atoms with Gasteiger partial charge in [0.25, 0.3) is 5.91 Å². The summed E-state index contributed by atoms with van der Waals surface area (Å²) in [5, 5.41) is 4.79. The molecule has 0 saturated carbocycles. The number of hydrogen-bond acceptors (Lipinski definition) is 5. The highest BCUT2D eigenvalue weighted by Crippen LogP contribution is 2.31. The Kier molecular flexibility index (Phi) is 6.01. The number of halogens is 1. The molecule has 2 aromatic carbocycles. The lowest BCUT2D eigenvalue weighted by Gasteiger charge is -2.12. The number of amides is 4. The molecule has 0 atom stereocenters. The van der Waals surface area contributed by atoms with Crippen molar-refractivity contribution in [3.63, 3.8) is 0 Å². The Morgan fingerprint density at radius 1 is 1.17 bits per heavy atom. The average Bonchev–Trinajstić information content (AvgIpc) is 2.98. The summed E-state index contributed by atoms with van der Waals surface area (Å²) in [7, 11) is 3.00. The molecule has 1 saturated heterocycles. The van der Waals surface area contributed by atoms with Crippen LogP contribution < -0.4 is 20.1 Å². The third-order valence-corrected chi connectivity index (χ3v) is 4.48. The van der Waals surface area contributed by atoms with Crippen LogP contribution in [-0.2, 0) is 9.59 Å². The number of nitrogens with zero attached hydrogens (tertiary/aromatic N) is 1. The molecule has 1 aliphatic heterocycles. The Hall–Kier alpha value is -3.88. The van der Waals surface area contributed by atoms with Crippen LogP contribution in [0, 0.1) is 12.7 Å². The van der Waals surface area contributed by atoms with Gasteiger partial charge in [-0.05, 0) is 48.4 Å². The molecule has 3 rings (SSSR count). The van der Waals surface area contributed by atoms with Crippen LogP contribution in [-0.4, -0.2) is 43.5 Å². The molecule has 8 nitrogen and oxygen atoms in total. The Labute approximate surface area is 172 Å². The molecule has 4 amide bonds. The van der Waals surface area contributed by atoms with Crippen LogP contribution in [0.25, 0.3) is 6.08 Å². The van der Waals surface area contributed by atoms with E-state index in [2.05, 4.69) is 10.6 Å². The molecule has 1 heterocycles. The smallest absolute Gasteiger partial charge is 0.329 e. The van der Waals surface area contributed by atoms with Crippen LogP contribution in [0.15, 0.2) is 42.1 Å². The maximum atomic E-state index is 13.7. The predicted octanol–water partition coefficient (Wildman–Crippen LogP) is 2.68. The number of urea groups is 1. The first-order chi connectivity index (χ1) is 14.3. The molecule has 1 aliphatic rings. The summed E-state index contributed by atoms with van der Waals surface area (Å²) in [5.41, 5.74) is 1.40. The van der Waals surface area contributed by atoms with Crippen LogP contribution in [0.5, 0.6) is 11.5 Å². The van der Waals surface area contributed by atoms with E-state index in [1.54, 1.807) is 18.2 Å². The van der Waals surface area contributed by atoms with Crippen molar-refractivity contribution in [2.24, 2.45) is 0 Å². The number of methoxy groups -OCH3 is 2. The molecule has 1 fully saturated rings. The van der Waals surface area contributed by atoms with Gasteiger partial charge < -0.3 is 20.1 Å². The van der Waals surface area contributed by atoms with Crippen LogP contribution >= 0.6 is 0 Å². The van der Waals surface area contributed by atoms with E-state index in [9.17, 15) is 18.8 Å². The number of anilines is 1. The molecule has 0 unspecified atom stereocenters. The minimum absolute atomic E-state index is 0.00834. The molecule has 0 aromatic heterocycles. The normalized spacial score (nSPS) is 14.7. The minimum Gasteiger partial charge on any atom is -0.493 e. The van der Waals surface area contributed by atoms with Gasteiger partial charge in [-0.2, -0.15) is 0 Å². The molecule has 2 aromatic rings.